The van der Waals surface area contributed by atoms with Crippen LogP contribution in [0.5, 0.6) is 0 Å². The van der Waals surface area contributed by atoms with E-state index in [2.05, 4.69) is 31.3 Å². The van der Waals surface area contributed by atoms with E-state index in [-0.39, 0.29) is 11.7 Å². The number of pyridine rings is 1. The molecule has 1 N–H and O–H groups in total. The van der Waals surface area contributed by atoms with Gasteiger partial charge >= 0.3 is 0 Å². The normalized spacial score (nSPS) is 10.8. The van der Waals surface area contributed by atoms with Crippen LogP contribution in [0.15, 0.2) is 45.4 Å². The van der Waals surface area contributed by atoms with Crippen LogP contribution in [-0.4, -0.2) is 20.7 Å². The number of halogens is 1. The summed E-state index contributed by atoms with van der Waals surface area (Å²) in [6.45, 7) is 4.76. The molecule has 0 atom stereocenters. The monoisotopic (exact) mass is 388 g/mol. The van der Waals surface area contributed by atoms with Crippen LogP contribution in [0.25, 0.3) is 0 Å². The average molecular weight is 389 g/mol. The van der Waals surface area contributed by atoms with Crippen molar-refractivity contribution in [3.8, 4) is 0 Å². The van der Waals surface area contributed by atoms with Gasteiger partial charge in [-0.05, 0) is 54.0 Å². The number of aromatic nitrogens is 3. The molecule has 0 unspecified atom stereocenters. The Morgan fingerprint density at radius 1 is 1.29 bits per heavy atom. The minimum absolute atomic E-state index is 0.263. The summed E-state index contributed by atoms with van der Waals surface area (Å²) >= 11 is 3.50. The maximum atomic E-state index is 12.1. The molecular formula is C17H17BrN4O2. The number of nitrogens with one attached hydrogen (secondary N) is 1. The zero-order chi connectivity index (χ0) is 17.1. The molecule has 3 heterocycles. The van der Waals surface area contributed by atoms with Crippen molar-refractivity contribution < 1.29 is 9.21 Å². The van der Waals surface area contributed by atoms with Crippen LogP contribution in [0.3, 0.4) is 0 Å². The lowest BCUT2D eigenvalue weighted by atomic mass is 10.3. The first-order valence-corrected chi connectivity index (χ1v) is 8.30. The molecule has 0 aliphatic rings. The van der Waals surface area contributed by atoms with Crippen molar-refractivity contribution in [3.63, 3.8) is 0 Å². The van der Waals surface area contributed by atoms with Gasteiger partial charge in [0.2, 0.25) is 0 Å². The highest BCUT2D eigenvalue weighted by Gasteiger charge is 2.14. The predicted octanol–water partition coefficient (Wildman–Crippen LogP) is 3.23. The quantitative estimate of drug-likeness (QED) is 0.727. The molecule has 3 aromatic rings. The maximum Gasteiger partial charge on any atom is 0.287 e. The summed E-state index contributed by atoms with van der Waals surface area (Å²) in [6, 6.07) is 9.03. The summed E-state index contributed by atoms with van der Waals surface area (Å²) in [4.78, 5) is 16.3. The highest BCUT2D eigenvalue weighted by Crippen LogP contribution is 2.21. The number of furan rings is 1. The Bertz CT molecular complexity index is 855. The average Bonchev–Trinajstić information content (AvgIpc) is 3.15. The van der Waals surface area contributed by atoms with Crippen LogP contribution in [0.4, 0.5) is 0 Å². The molecule has 6 nitrogen and oxygen atoms in total. The van der Waals surface area contributed by atoms with Crippen LogP contribution >= 0.6 is 15.9 Å². The van der Waals surface area contributed by atoms with E-state index in [0.717, 1.165) is 21.6 Å². The zero-order valence-electron chi connectivity index (χ0n) is 13.4. The van der Waals surface area contributed by atoms with Gasteiger partial charge in [0.25, 0.3) is 5.91 Å². The van der Waals surface area contributed by atoms with E-state index >= 15 is 0 Å². The van der Waals surface area contributed by atoms with Crippen molar-refractivity contribution in [1.29, 1.82) is 0 Å². The molecule has 24 heavy (non-hydrogen) atoms. The van der Waals surface area contributed by atoms with Crippen molar-refractivity contribution in [2.75, 3.05) is 0 Å². The Hall–Kier alpha value is -2.41. The van der Waals surface area contributed by atoms with Gasteiger partial charge in [-0.3, -0.25) is 14.5 Å². The van der Waals surface area contributed by atoms with Crippen LogP contribution in [-0.2, 0) is 13.1 Å². The van der Waals surface area contributed by atoms with Gasteiger partial charge in [0.05, 0.1) is 34.6 Å². The molecule has 0 aromatic carbocycles. The fraction of sp³-hybridized carbons (Fsp3) is 0.235. The van der Waals surface area contributed by atoms with Crippen molar-refractivity contribution in [2.45, 2.75) is 26.9 Å². The third-order valence-electron chi connectivity index (χ3n) is 3.64. The molecule has 3 rings (SSSR count). The fourth-order valence-corrected chi connectivity index (χ4v) is 2.61. The minimum Gasteiger partial charge on any atom is -0.454 e. The molecule has 3 aromatic heterocycles. The smallest absolute Gasteiger partial charge is 0.287 e. The topological polar surface area (TPSA) is 73.0 Å². The second kappa shape index (κ2) is 7.00. The summed E-state index contributed by atoms with van der Waals surface area (Å²) in [5.74, 6) is 0.694. The molecule has 0 saturated heterocycles. The lowest BCUT2D eigenvalue weighted by Gasteiger charge is -2.03. The number of carbonyl (C=O) groups is 1. The SMILES string of the molecule is Cc1nn(Cc2ccc(C(=O)NCc3ccccn3)o2)c(C)c1Br. The molecule has 0 bridgehead atoms. The van der Waals surface area contributed by atoms with E-state index in [4.69, 9.17) is 4.42 Å². The lowest BCUT2D eigenvalue weighted by Crippen LogP contribution is -2.22. The van der Waals surface area contributed by atoms with E-state index in [0.29, 0.717) is 18.8 Å². The highest BCUT2D eigenvalue weighted by atomic mass is 79.9. The summed E-state index contributed by atoms with van der Waals surface area (Å²) < 4.78 is 8.46. The van der Waals surface area contributed by atoms with E-state index in [1.807, 2.05) is 36.7 Å². The first-order chi connectivity index (χ1) is 11.5. The number of aryl methyl sites for hydroxylation is 1. The molecule has 0 spiro atoms. The molecule has 0 aliphatic heterocycles. The second-order valence-electron chi connectivity index (χ2n) is 5.41. The van der Waals surface area contributed by atoms with E-state index in [9.17, 15) is 4.79 Å². The summed E-state index contributed by atoms with van der Waals surface area (Å²) in [5, 5.41) is 7.23. The zero-order valence-corrected chi connectivity index (χ0v) is 15.0. The number of rotatable bonds is 5. The van der Waals surface area contributed by atoms with E-state index < -0.39 is 0 Å². The molecule has 0 radical (unpaired) electrons. The Balaban J connectivity index is 1.64. The van der Waals surface area contributed by atoms with Gasteiger partial charge in [0.15, 0.2) is 5.76 Å². The summed E-state index contributed by atoms with van der Waals surface area (Å²) in [7, 11) is 0. The second-order valence-corrected chi connectivity index (χ2v) is 6.21. The van der Waals surface area contributed by atoms with Crippen molar-refractivity contribution in [3.05, 3.63) is 69.6 Å². The molecule has 0 saturated carbocycles. The standard InChI is InChI=1S/C17H17BrN4O2/c1-11-16(18)12(2)22(21-11)10-14-6-7-15(24-14)17(23)20-9-13-5-3-4-8-19-13/h3-8H,9-10H2,1-2H3,(H,20,23). The Morgan fingerprint density at radius 3 is 2.79 bits per heavy atom. The van der Waals surface area contributed by atoms with Gasteiger partial charge in [-0.2, -0.15) is 5.10 Å². The number of hydrogen-bond donors (Lipinski definition) is 1. The number of hydrogen-bond acceptors (Lipinski definition) is 4. The Kier molecular flexibility index (Phi) is 4.80. The Labute approximate surface area is 148 Å². The van der Waals surface area contributed by atoms with Crippen molar-refractivity contribution in [2.24, 2.45) is 0 Å². The van der Waals surface area contributed by atoms with Gasteiger partial charge in [-0.25, -0.2) is 0 Å². The first kappa shape index (κ1) is 16.4. The largest absolute Gasteiger partial charge is 0.454 e. The van der Waals surface area contributed by atoms with Crippen molar-refractivity contribution in [1.82, 2.24) is 20.1 Å². The van der Waals surface area contributed by atoms with Crippen LogP contribution in [0.2, 0.25) is 0 Å². The summed E-state index contributed by atoms with van der Waals surface area (Å²) in [6.07, 6.45) is 1.69. The summed E-state index contributed by atoms with van der Waals surface area (Å²) in [5.41, 5.74) is 2.74. The number of carbonyl (C=O) groups excluding carboxylic acids is 1. The van der Waals surface area contributed by atoms with Gasteiger partial charge < -0.3 is 9.73 Å². The molecule has 1 amide bonds. The van der Waals surface area contributed by atoms with Crippen molar-refractivity contribution >= 4 is 21.8 Å². The van der Waals surface area contributed by atoms with E-state index in [1.165, 1.54) is 0 Å². The lowest BCUT2D eigenvalue weighted by molar-refractivity contribution is 0.0920. The van der Waals surface area contributed by atoms with Crippen LogP contribution in [0.1, 0.15) is 33.4 Å². The van der Waals surface area contributed by atoms with Gasteiger partial charge in [-0.1, -0.05) is 6.07 Å². The van der Waals surface area contributed by atoms with E-state index in [1.54, 1.807) is 18.3 Å². The molecule has 7 heteroatoms. The van der Waals surface area contributed by atoms with Gasteiger partial charge in [0.1, 0.15) is 5.76 Å². The molecular weight excluding hydrogens is 372 g/mol. The van der Waals surface area contributed by atoms with Crippen LogP contribution < -0.4 is 5.32 Å². The third kappa shape index (κ3) is 3.56. The number of amides is 1. The maximum absolute atomic E-state index is 12.1. The predicted molar refractivity (Wildman–Crippen MR) is 92.6 cm³/mol. The highest BCUT2D eigenvalue weighted by molar-refractivity contribution is 9.10. The molecule has 0 fully saturated rings. The minimum atomic E-state index is -0.263. The fourth-order valence-electron chi connectivity index (χ4n) is 2.32. The first-order valence-electron chi connectivity index (χ1n) is 7.51. The molecule has 0 aliphatic carbocycles. The van der Waals surface area contributed by atoms with Gasteiger partial charge in [0, 0.05) is 6.20 Å². The van der Waals surface area contributed by atoms with Gasteiger partial charge in [-0.15, -0.1) is 0 Å². The Morgan fingerprint density at radius 2 is 2.12 bits per heavy atom. The number of nitrogens with zero attached hydrogens (tertiary/aromatic N) is 3. The van der Waals surface area contributed by atoms with Crippen LogP contribution in [0, 0.1) is 13.8 Å². The third-order valence-corrected chi connectivity index (χ3v) is 4.79. The molecule has 124 valence electrons.